The van der Waals surface area contributed by atoms with E-state index in [9.17, 15) is 9.59 Å². The fourth-order valence-corrected chi connectivity index (χ4v) is 5.82. The van der Waals surface area contributed by atoms with E-state index in [0.29, 0.717) is 36.8 Å². The summed E-state index contributed by atoms with van der Waals surface area (Å²) in [5.41, 5.74) is 1.82. The van der Waals surface area contributed by atoms with E-state index in [0.717, 1.165) is 30.3 Å². The molecule has 1 aromatic carbocycles. The predicted octanol–water partition coefficient (Wildman–Crippen LogP) is 4.14. The second-order valence-corrected chi connectivity index (χ2v) is 10.3. The second-order valence-electron chi connectivity index (χ2n) is 8.31. The zero-order valence-corrected chi connectivity index (χ0v) is 19.9. The monoisotopic (exact) mass is 478 g/mol. The molecule has 33 heavy (non-hydrogen) atoms. The second kappa shape index (κ2) is 9.89. The van der Waals surface area contributed by atoms with Crippen LogP contribution in [0, 0.1) is 5.92 Å². The first kappa shape index (κ1) is 21.9. The summed E-state index contributed by atoms with van der Waals surface area (Å²) in [4.78, 5) is 34.3. The molecule has 1 amide bonds. The Kier molecular flexibility index (Phi) is 6.55. The van der Waals surface area contributed by atoms with Gasteiger partial charge in [0.2, 0.25) is 11.9 Å². The number of nitrogens with one attached hydrogen (secondary N) is 1. The fourth-order valence-electron chi connectivity index (χ4n) is 4.33. The number of thiophene rings is 2. The highest BCUT2D eigenvalue weighted by atomic mass is 32.1. The minimum absolute atomic E-state index is 0.00213. The summed E-state index contributed by atoms with van der Waals surface area (Å²) in [7, 11) is 0. The van der Waals surface area contributed by atoms with Gasteiger partial charge in [0.05, 0.1) is 12.1 Å². The topological polar surface area (TPSA) is 67.2 Å². The quantitative estimate of drug-likeness (QED) is 0.434. The van der Waals surface area contributed by atoms with Crippen LogP contribution in [-0.2, 0) is 17.8 Å². The van der Waals surface area contributed by atoms with E-state index in [-0.39, 0.29) is 17.4 Å². The number of rotatable bonds is 7. The SMILES string of the molecule is O=C(NCCc1cccs1)C1CCN(c2nc3ccsc3c(=O)n2Cc2ccccc2)CC1. The van der Waals surface area contributed by atoms with E-state index >= 15 is 0 Å². The molecule has 0 unspecified atom stereocenters. The molecule has 8 heteroatoms. The van der Waals surface area contributed by atoms with Gasteiger partial charge in [-0.15, -0.1) is 22.7 Å². The first-order chi connectivity index (χ1) is 16.2. The molecule has 0 saturated carbocycles. The van der Waals surface area contributed by atoms with Crippen LogP contribution in [-0.4, -0.2) is 35.1 Å². The number of piperidine rings is 1. The van der Waals surface area contributed by atoms with Crippen LogP contribution in [0.1, 0.15) is 23.3 Å². The summed E-state index contributed by atoms with van der Waals surface area (Å²) in [5, 5.41) is 7.08. The van der Waals surface area contributed by atoms with Crippen LogP contribution in [0.15, 0.2) is 64.1 Å². The Morgan fingerprint density at radius 3 is 2.61 bits per heavy atom. The maximum atomic E-state index is 13.3. The number of amides is 1. The Bertz CT molecular complexity index is 1270. The van der Waals surface area contributed by atoms with E-state index in [1.807, 2.05) is 47.8 Å². The Morgan fingerprint density at radius 1 is 1.03 bits per heavy atom. The summed E-state index contributed by atoms with van der Waals surface area (Å²) in [6.45, 7) is 2.57. The number of hydrogen-bond donors (Lipinski definition) is 1. The standard InChI is InChI=1S/C25H26N4O2S2/c30-23(26-12-8-20-7-4-15-32-20)19-9-13-28(14-10-19)25-27-21-11-16-33-22(21)24(31)29(25)17-18-5-2-1-3-6-18/h1-7,11,15-16,19H,8-10,12-14,17H2,(H,26,30). The lowest BCUT2D eigenvalue weighted by atomic mass is 9.96. The Morgan fingerprint density at radius 2 is 1.85 bits per heavy atom. The van der Waals surface area contributed by atoms with Crippen molar-refractivity contribution < 1.29 is 4.79 Å². The van der Waals surface area contributed by atoms with Crippen LogP contribution >= 0.6 is 22.7 Å². The molecular weight excluding hydrogens is 452 g/mol. The van der Waals surface area contributed by atoms with Gasteiger partial charge in [0.25, 0.3) is 5.56 Å². The zero-order valence-electron chi connectivity index (χ0n) is 18.3. The minimum atomic E-state index is 0.00213. The lowest BCUT2D eigenvalue weighted by molar-refractivity contribution is -0.125. The summed E-state index contributed by atoms with van der Waals surface area (Å²) >= 11 is 3.16. The van der Waals surface area contributed by atoms with Crippen molar-refractivity contribution in [2.45, 2.75) is 25.8 Å². The third-order valence-electron chi connectivity index (χ3n) is 6.13. The highest BCUT2D eigenvalue weighted by molar-refractivity contribution is 7.17. The van der Waals surface area contributed by atoms with Crippen LogP contribution in [0.25, 0.3) is 10.2 Å². The average molecular weight is 479 g/mol. The van der Waals surface area contributed by atoms with Gasteiger partial charge in [0.1, 0.15) is 4.70 Å². The maximum Gasteiger partial charge on any atom is 0.273 e. The Hall–Kier alpha value is -2.97. The molecule has 4 aromatic rings. The zero-order chi connectivity index (χ0) is 22.6. The van der Waals surface area contributed by atoms with E-state index in [1.165, 1.54) is 16.2 Å². The molecule has 0 spiro atoms. The van der Waals surface area contributed by atoms with Gasteiger partial charge in [0.15, 0.2) is 0 Å². The summed E-state index contributed by atoms with van der Waals surface area (Å²) in [6.07, 6.45) is 2.39. The van der Waals surface area contributed by atoms with Gasteiger partial charge in [-0.3, -0.25) is 14.2 Å². The summed E-state index contributed by atoms with van der Waals surface area (Å²) in [6, 6.07) is 16.1. The van der Waals surface area contributed by atoms with Crippen molar-refractivity contribution in [2.24, 2.45) is 5.92 Å². The van der Waals surface area contributed by atoms with Crippen molar-refractivity contribution in [1.29, 1.82) is 0 Å². The van der Waals surface area contributed by atoms with Gasteiger partial charge in [-0.05, 0) is 47.7 Å². The highest BCUT2D eigenvalue weighted by Gasteiger charge is 2.27. The molecule has 0 atom stereocenters. The van der Waals surface area contributed by atoms with Gasteiger partial charge in [0, 0.05) is 30.4 Å². The lowest BCUT2D eigenvalue weighted by Gasteiger charge is -2.33. The molecule has 0 aliphatic carbocycles. The van der Waals surface area contributed by atoms with Crippen LogP contribution in [0.5, 0.6) is 0 Å². The molecule has 5 rings (SSSR count). The van der Waals surface area contributed by atoms with E-state index in [2.05, 4.69) is 21.7 Å². The smallest absolute Gasteiger partial charge is 0.273 e. The third-order valence-corrected chi connectivity index (χ3v) is 7.96. The normalized spacial score (nSPS) is 14.6. The molecule has 4 heterocycles. The molecule has 3 aromatic heterocycles. The van der Waals surface area contributed by atoms with Crippen molar-refractivity contribution in [3.05, 3.63) is 80.1 Å². The molecule has 1 fully saturated rings. The Balaban J connectivity index is 1.29. The molecule has 0 radical (unpaired) electrons. The molecule has 1 aliphatic rings. The molecule has 1 N–H and O–H groups in total. The first-order valence-corrected chi connectivity index (χ1v) is 13.0. The van der Waals surface area contributed by atoms with E-state index < -0.39 is 0 Å². The van der Waals surface area contributed by atoms with Gasteiger partial charge in [-0.25, -0.2) is 4.98 Å². The molecule has 1 aliphatic heterocycles. The average Bonchev–Trinajstić information content (AvgIpc) is 3.54. The van der Waals surface area contributed by atoms with Gasteiger partial charge >= 0.3 is 0 Å². The number of fused-ring (bicyclic) bond motifs is 1. The van der Waals surface area contributed by atoms with Gasteiger partial charge < -0.3 is 10.2 Å². The molecule has 170 valence electrons. The van der Waals surface area contributed by atoms with E-state index in [1.54, 1.807) is 15.9 Å². The lowest BCUT2D eigenvalue weighted by Crippen LogP contribution is -2.43. The number of aromatic nitrogens is 2. The van der Waals surface area contributed by atoms with Crippen molar-refractivity contribution >= 4 is 44.7 Å². The van der Waals surface area contributed by atoms with Crippen molar-refractivity contribution in [3.8, 4) is 0 Å². The van der Waals surface area contributed by atoms with Gasteiger partial charge in [-0.1, -0.05) is 36.4 Å². The molecule has 1 saturated heterocycles. The molecule has 0 bridgehead atoms. The largest absolute Gasteiger partial charge is 0.355 e. The molecular formula is C25H26N4O2S2. The van der Waals surface area contributed by atoms with Crippen molar-refractivity contribution in [1.82, 2.24) is 14.9 Å². The van der Waals surface area contributed by atoms with Crippen molar-refractivity contribution in [3.63, 3.8) is 0 Å². The summed E-state index contributed by atoms with van der Waals surface area (Å²) < 4.78 is 2.48. The minimum Gasteiger partial charge on any atom is -0.355 e. The predicted molar refractivity (Wildman–Crippen MR) is 135 cm³/mol. The maximum absolute atomic E-state index is 13.3. The van der Waals surface area contributed by atoms with E-state index in [4.69, 9.17) is 4.98 Å². The molecule has 6 nitrogen and oxygen atoms in total. The van der Waals surface area contributed by atoms with Crippen LogP contribution < -0.4 is 15.8 Å². The summed E-state index contributed by atoms with van der Waals surface area (Å²) in [5.74, 6) is 0.837. The number of nitrogens with zero attached hydrogens (tertiary/aromatic N) is 3. The van der Waals surface area contributed by atoms with Crippen molar-refractivity contribution in [2.75, 3.05) is 24.5 Å². The number of carbonyl (C=O) groups excluding carboxylic acids is 1. The number of benzene rings is 1. The number of hydrogen-bond acceptors (Lipinski definition) is 6. The van der Waals surface area contributed by atoms with Gasteiger partial charge in [-0.2, -0.15) is 0 Å². The van der Waals surface area contributed by atoms with Crippen LogP contribution in [0.4, 0.5) is 5.95 Å². The Labute approximate surface area is 200 Å². The fraction of sp³-hybridized carbons (Fsp3) is 0.320. The van der Waals surface area contributed by atoms with Crippen LogP contribution in [0.3, 0.4) is 0 Å². The number of carbonyl (C=O) groups is 1. The van der Waals surface area contributed by atoms with Crippen LogP contribution in [0.2, 0.25) is 0 Å². The first-order valence-electron chi connectivity index (χ1n) is 11.3. The third kappa shape index (κ3) is 4.86. The number of anilines is 1. The highest BCUT2D eigenvalue weighted by Crippen LogP contribution is 2.25.